The van der Waals surface area contributed by atoms with Crippen molar-refractivity contribution in [3.63, 3.8) is 0 Å². The largest absolute Gasteiger partial charge is 0.357 e. The molecule has 4 nitrogen and oxygen atoms in total. The minimum atomic E-state index is -0.536. The Bertz CT molecular complexity index is 1030. The minimum Gasteiger partial charge on any atom is -0.357 e. The predicted molar refractivity (Wildman–Crippen MR) is 122 cm³/mol. The summed E-state index contributed by atoms with van der Waals surface area (Å²) in [7, 11) is 1.60. The van der Waals surface area contributed by atoms with E-state index in [9.17, 15) is 9.59 Å². The van der Waals surface area contributed by atoms with Gasteiger partial charge < -0.3 is 10.2 Å². The predicted octanol–water partition coefficient (Wildman–Crippen LogP) is 4.98. The molecule has 1 N–H and O–H groups in total. The van der Waals surface area contributed by atoms with E-state index < -0.39 is 6.04 Å². The van der Waals surface area contributed by atoms with Crippen molar-refractivity contribution in [1.82, 2.24) is 10.2 Å². The molecule has 0 bridgehead atoms. The van der Waals surface area contributed by atoms with Crippen LogP contribution >= 0.6 is 11.6 Å². The van der Waals surface area contributed by atoms with Crippen LogP contribution in [0.1, 0.15) is 30.9 Å². The monoisotopic (exact) mass is 422 g/mol. The molecule has 3 rings (SSSR count). The number of carbonyl (C=O) groups excluding carboxylic acids is 2. The Morgan fingerprint density at radius 2 is 1.63 bits per heavy atom. The Morgan fingerprint density at radius 3 is 2.37 bits per heavy atom. The second kappa shape index (κ2) is 10.3. The zero-order valence-corrected chi connectivity index (χ0v) is 18.2. The number of benzene rings is 3. The fourth-order valence-electron chi connectivity index (χ4n) is 3.79. The molecule has 0 aromatic heterocycles. The van der Waals surface area contributed by atoms with Gasteiger partial charge in [-0.2, -0.15) is 0 Å². The lowest BCUT2D eigenvalue weighted by Crippen LogP contribution is -2.48. The van der Waals surface area contributed by atoms with Crippen molar-refractivity contribution in [3.05, 3.63) is 82.9 Å². The quantitative estimate of drug-likeness (QED) is 0.556. The molecule has 0 aliphatic carbocycles. The molecule has 0 spiro atoms. The Kier molecular flexibility index (Phi) is 7.47. The molecule has 1 unspecified atom stereocenters. The average molecular weight is 423 g/mol. The van der Waals surface area contributed by atoms with Crippen LogP contribution in [0.2, 0.25) is 5.02 Å². The normalized spacial score (nSPS) is 11.8. The van der Waals surface area contributed by atoms with Gasteiger partial charge in [-0.15, -0.1) is 0 Å². The molecule has 0 radical (unpaired) electrons. The van der Waals surface area contributed by atoms with Crippen LogP contribution in [-0.2, 0) is 22.6 Å². The summed E-state index contributed by atoms with van der Waals surface area (Å²) in [4.78, 5) is 27.4. The summed E-state index contributed by atoms with van der Waals surface area (Å²) >= 11 is 6.33. The van der Waals surface area contributed by atoms with E-state index in [0.717, 1.165) is 21.9 Å². The summed E-state index contributed by atoms with van der Waals surface area (Å²) in [6.45, 7) is 2.22. The van der Waals surface area contributed by atoms with Gasteiger partial charge >= 0.3 is 0 Å². The Hall–Kier alpha value is -2.85. The summed E-state index contributed by atoms with van der Waals surface area (Å²) in [6, 6.07) is 21.2. The number of hydrogen-bond acceptors (Lipinski definition) is 2. The lowest BCUT2D eigenvalue weighted by Gasteiger charge is -2.30. The second-order valence-electron chi connectivity index (χ2n) is 7.29. The molecule has 30 heavy (non-hydrogen) atoms. The van der Waals surface area contributed by atoms with Gasteiger partial charge in [-0.1, -0.05) is 79.2 Å². The van der Waals surface area contributed by atoms with Crippen LogP contribution < -0.4 is 5.32 Å². The zero-order valence-electron chi connectivity index (χ0n) is 17.4. The first kappa shape index (κ1) is 21.8. The molecular formula is C25H27ClN2O2. The summed E-state index contributed by atoms with van der Waals surface area (Å²) in [5, 5.41) is 5.59. The van der Waals surface area contributed by atoms with Crippen molar-refractivity contribution in [1.29, 1.82) is 0 Å². The zero-order chi connectivity index (χ0) is 21.5. The number of nitrogens with one attached hydrogen (secondary N) is 1. The molecule has 2 amide bonds. The molecule has 3 aromatic carbocycles. The van der Waals surface area contributed by atoms with E-state index >= 15 is 0 Å². The molecule has 5 heteroatoms. The van der Waals surface area contributed by atoms with Gasteiger partial charge in [0, 0.05) is 25.0 Å². The maximum Gasteiger partial charge on any atom is 0.242 e. The number of halogens is 1. The number of rotatable bonds is 8. The molecule has 3 aromatic rings. The number of nitrogens with zero attached hydrogens (tertiary/aromatic N) is 1. The van der Waals surface area contributed by atoms with Gasteiger partial charge in [0.25, 0.3) is 0 Å². The summed E-state index contributed by atoms with van der Waals surface area (Å²) in [5.74, 6) is -0.221. The minimum absolute atomic E-state index is 0.0571. The van der Waals surface area contributed by atoms with Crippen LogP contribution in [0.5, 0.6) is 0 Å². The number of hydrogen-bond donors (Lipinski definition) is 1. The number of likely N-dealkylation sites (N-methyl/N-ethyl adjacent to an activating group) is 1. The molecule has 0 aliphatic rings. The summed E-state index contributed by atoms with van der Waals surface area (Å²) in [6.07, 6.45) is 1.47. The van der Waals surface area contributed by atoms with Crippen molar-refractivity contribution in [2.75, 3.05) is 7.05 Å². The topological polar surface area (TPSA) is 49.4 Å². The van der Waals surface area contributed by atoms with Crippen LogP contribution in [0.25, 0.3) is 10.8 Å². The first-order valence-electron chi connectivity index (χ1n) is 10.3. The molecule has 0 aliphatic heterocycles. The highest BCUT2D eigenvalue weighted by Gasteiger charge is 2.28. The molecule has 0 saturated carbocycles. The highest BCUT2D eigenvalue weighted by molar-refractivity contribution is 6.31. The van der Waals surface area contributed by atoms with Crippen molar-refractivity contribution < 1.29 is 9.59 Å². The Morgan fingerprint density at radius 1 is 0.967 bits per heavy atom. The van der Waals surface area contributed by atoms with Crippen LogP contribution in [0.4, 0.5) is 0 Å². The molecule has 156 valence electrons. The number of carbonyl (C=O) groups is 2. The third kappa shape index (κ3) is 5.00. The number of amides is 2. The third-order valence-corrected chi connectivity index (χ3v) is 5.79. The van der Waals surface area contributed by atoms with E-state index in [-0.39, 0.29) is 11.8 Å². The van der Waals surface area contributed by atoms with Crippen LogP contribution in [-0.4, -0.2) is 29.8 Å². The maximum absolute atomic E-state index is 13.3. The molecule has 0 fully saturated rings. The van der Waals surface area contributed by atoms with Crippen LogP contribution in [0.3, 0.4) is 0 Å². The van der Waals surface area contributed by atoms with Crippen LogP contribution in [0, 0.1) is 0 Å². The first-order valence-corrected chi connectivity index (χ1v) is 10.6. The van der Waals surface area contributed by atoms with E-state index in [0.29, 0.717) is 30.8 Å². The Balaban J connectivity index is 1.83. The lowest BCUT2D eigenvalue weighted by molar-refractivity contribution is -0.141. The van der Waals surface area contributed by atoms with Gasteiger partial charge in [-0.05, 0) is 40.8 Å². The van der Waals surface area contributed by atoms with Crippen molar-refractivity contribution >= 4 is 34.2 Å². The third-order valence-electron chi connectivity index (χ3n) is 5.42. The fraction of sp³-hybridized carbons (Fsp3) is 0.280. The van der Waals surface area contributed by atoms with E-state index in [2.05, 4.69) is 29.6 Å². The van der Waals surface area contributed by atoms with Gasteiger partial charge in [0.15, 0.2) is 0 Å². The van der Waals surface area contributed by atoms with Gasteiger partial charge in [0.2, 0.25) is 11.8 Å². The molecular weight excluding hydrogens is 396 g/mol. The number of fused-ring (bicyclic) bond motifs is 1. The molecule has 0 saturated heterocycles. The number of aryl methyl sites for hydroxylation is 1. The van der Waals surface area contributed by atoms with E-state index in [1.54, 1.807) is 18.0 Å². The van der Waals surface area contributed by atoms with Gasteiger partial charge in [0.1, 0.15) is 6.04 Å². The first-order chi connectivity index (χ1) is 14.5. The van der Waals surface area contributed by atoms with E-state index in [1.165, 1.54) is 0 Å². The van der Waals surface area contributed by atoms with Gasteiger partial charge in [-0.25, -0.2) is 0 Å². The van der Waals surface area contributed by atoms with Crippen molar-refractivity contribution in [2.24, 2.45) is 0 Å². The van der Waals surface area contributed by atoms with Crippen molar-refractivity contribution in [2.45, 2.75) is 38.8 Å². The lowest BCUT2D eigenvalue weighted by atomic mass is 10.00. The smallest absolute Gasteiger partial charge is 0.242 e. The average Bonchev–Trinajstić information content (AvgIpc) is 2.78. The summed E-state index contributed by atoms with van der Waals surface area (Å²) in [5.41, 5.74) is 1.96. The second-order valence-corrected chi connectivity index (χ2v) is 7.70. The highest BCUT2D eigenvalue weighted by Crippen LogP contribution is 2.23. The molecule has 0 heterocycles. The van der Waals surface area contributed by atoms with Gasteiger partial charge in [-0.3, -0.25) is 9.59 Å². The maximum atomic E-state index is 13.3. The molecule has 1 atom stereocenters. The Labute approximate surface area is 182 Å². The summed E-state index contributed by atoms with van der Waals surface area (Å²) < 4.78 is 0. The van der Waals surface area contributed by atoms with E-state index in [4.69, 9.17) is 11.6 Å². The highest BCUT2D eigenvalue weighted by atomic mass is 35.5. The van der Waals surface area contributed by atoms with Crippen molar-refractivity contribution in [3.8, 4) is 0 Å². The fourth-order valence-corrected chi connectivity index (χ4v) is 3.99. The van der Waals surface area contributed by atoms with Crippen LogP contribution in [0.15, 0.2) is 66.7 Å². The SMILES string of the molecule is CCC(C(=O)NC)N(Cc1ccccc1Cl)C(=O)CCc1cccc2ccccc12. The standard InChI is InChI=1S/C25H27ClN2O2/c1-3-23(25(30)27-2)28(17-20-10-5-7-14-22(20)26)24(29)16-15-19-12-8-11-18-9-4-6-13-21(18)19/h4-14,23H,3,15-17H2,1-2H3,(H,27,30). The van der Waals surface area contributed by atoms with Gasteiger partial charge in [0.05, 0.1) is 0 Å². The van der Waals surface area contributed by atoms with E-state index in [1.807, 2.05) is 43.3 Å².